The normalized spacial score (nSPS) is 13.8. The summed E-state index contributed by atoms with van der Waals surface area (Å²) in [5.41, 5.74) is 24.6. The summed E-state index contributed by atoms with van der Waals surface area (Å²) in [6.45, 7) is 2.00. The van der Waals surface area contributed by atoms with Gasteiger partial charge < -0.3 is 49.5 Å². The molecule has 13 N–H and O–H groups in total. The Morgan fingerprint density at radius 2 is 1.06 bits per heavy atom. The lowest BCUT2D eigenvalue weighted by Gasteiger charge is -2.25. The van der Waals surface area contributed by atoms with Crippen LogP contribution in [0.25, 0.3) is 0 Å². The molecule has 51 heavy (non-hydrogen) atoms. The minimum atomic E-state index is -1.04. The van der Waals surface area contributed by atoms with Crippen LogP contribution in [0.1, 0.15) is 63.0 Å². The van der Waals surface area contributed by atoms with Crippen molar-refractivity contribution < 1.29 is 28.8 Å². The zero-order valence-electron chi connectivity index (χ0n) is 29.4. The molecule has 3 unspecified atom stereocenters. The Kier molecular flexibility index (Phi) is 19.5. The number of primary amides is 1. The van der Waals surface area contributed by atoms with Crippen molar-refractivity contribution in [2.45, 2.75) is 94.9 Å². The fourth-order valence-electron chi connectivity index (χ4n) is 5.27. The smallest absolute Gasteiger partial charge is 0.243 e. The fourth-order valence-corrected chi connectivity index (χ4v) is 5.27. The number of unbranched alkanes of at least 4 members (excludes halogenated alkanes) is 2. The van der Waals surface area contributed by atoms with E-state index in [1.807, 2.05) is 36.4 Å². The topological polar surface area (TPSA) is 267 Å². The highest BCUT2D eigenvalue weighted by molar-refractivity contribution is 5.95. The minimum absolute atomic E-state index is 0.169. The number of nitrogens with two attached hydrogens (primary N) is 4. The molecule has 280 valence electrons. The molecule has 15 heteroatoms. The Hall–Kier alpha value is -4.86. The van der Waals surface area contributed by atoms with Crippen molar-refractivity contribution in [2.24, 2.45) is 22.9 Å². The van der Waals surface area contributed by atoms with Crippen LogP contribution in [0.3, 0.4) is 0 Å². The van der Waals surface area contributed by atoms with Gasteiger partial charge >= 0.3 is 0 Å². The average molecular weight is 710 g/mol. The first kappa shape index (κ1) is 42.3. The van der Waals surface area contributed by atoms with E-state index in [1.54, 1.807) is 31.2 Å². The van der Waals surface area contributed by atoms with Gasteiger partial charge in [0.1, 0.15) is 24.2 Å². The van der Waals surface area contributed by atoms with E-state index in [4.69, 9.17) is 22.9 Å². The lowest BCUT2D eigenvalue weighted by Crippen LogP contribution is -2.57. The number of carbonyl (C=O) groups excluding carboxylic acids is 6. The third-order valence-electron chi connectivity index (χ3n) is 8.22. The maximum atomic E-state index is 13.3. The van der Waals surface area contributed by atoms with Gasteiger partial charge in [0.15, 0.2) is 0 Å². The number of nitrogens with one attached hydrogen (secondary N) is 5. The van der Waals surface area contributed by atoms with Crippen LogP contribution in [-0.4, -0.2) is 85.3 Å². The van der Waals surface area contributed by atoms with E-state index in [2.05, 4.69) is 26.6 Å². The number of benzene rings is 2. The van der Waals surface area contributed by atoms with Gasteiger partial charge in [0.05, 0.1) is 12.6 Å². The van der Waals surface area contributed by atoms with E-state index in [1.165, 1.54) is 0 Å². The monoisotopic (exact) mass is 709 g/mol. The summed E-state index contributed by atoms with van der Waals surface area (Å²) in [7, 11) is 0. The molecule has 0 heterocycles. The summed E-state index contributed by atoms with van der Waals surface area (Å²) in [6.07, 6.45) is 3.45. The molecule has 0 aliphatic heterocycles. The quantitative estimate of drug-likeness (QED) is 0.0605. The highest BCUT2D eigenvalue weighted by Gasteiger charge is 2.29. The van der Waals surface area contributed by atoms with Gasteiger partial charge in [-0.1, -0.05) is 67.6 Å². The molecular formula is C36H55N9O6. The van der Waals surface area contributed by atoms with Crippen LogP contribution < -0.4 is 49.5 Å². The Labute approximate surface area is 299 Å². The first-order valence-electron chi connectivity index (χ1n) is 17.5. The van der Waals surface area contributed by atoms with Gasteiger partial charge in [-0.25, -0.2) is 0 Å². The summed E-state index contributed by atoms with van der Waals surface area (Å²) in [4.78, 5) is 77.6. The average Bonchev–Trinajstić information content (AvgIpc) is 3.12. The standard InChI is InChI=1S/C36H55N9O6/c1-2-27(35(50)44-29(18-10-12-20-38)36(51)45-30(32(40)47)22-25-15-7-4-8-16-25)42-31(46)23-41-34(49)28(17-9-11-19-37)43-33(48)26(39)21-24-13-5-3-6-14-24/h3-8,13-16,26-30H,2,9-12,17-23,37-39H2,1H3,(H2,40,47)(H,41,49)(H,42,46)(H,43,48)(H,44,50)(H,45,51)/t26-,27?,28?,29-,30?/m0/s1. The molecule has 6 amide bonds. The fraction of sp³-hybridized carbons (Fsp3) is 0.500. The maximum Gasteiger partial charge on any atom is 0.243 e. The van der Waals surface area contributed by atoms with Crippen LogP contribution in [0.2, 0.25) is 0 Å². The molecule has 2 aromatic carbocycles. The molecule has 0 radical (unpaired) electrons. The molecule has 0 bridgehead atoms. The van der Waals surface area contributed by atoms with Crippen LogP contribution in [0.4, 0.5) is 0 Å². The SMILES string of the molecule is CCC(NC(=O)CNC(=O)C(CCCCN)NC(=O)[C@@H](N)Cc1ccccc1)C(=O)N[C@@H](CCCCN)C(=O)NC(Cc1ccccc1)C(N)=O. The second-order valence-electron chi connectivity index (χ2n) is 12.4. The zero-order chi connectivity index (χ0) is 37.6. The van der Waals surface area contributed by atoms with Crippen LogP contribution in [0, 0.1) is 0 Å². The summed E-state index contributed by atoms with van der Waals surface area (Å²) in [5, 5.41) is 13.1. The molecule has 5 atom stereocenters. The van der Waals surface area contributed by atoms with Gasteiger partial charge in [-0.2, -0.15) is 0 Å². The van der Waals surface area contributed by atoms with E-state index >= 15 is 0 Å². The predicted molar refractivity (Wildman–Crippen MR) is 194 cm³/mol. The van der Waals surface area contributed by atoms with Gasteiger partial charge in [0.2, 0.25) is 35.4 Å². The molecule has 0 saturated heterocycles. The molecule has 0 spiro atoms. The van der Waals surface area contributed by atoms with Crippen molar-refractivity contribution in [3.8, 4) is 0 Å². The third kappa shape index (κ3) is 16.1. The molecule has 0 fully saturated rings. The summed E-state index contributed by atoms with van der Waals surface area (Å²) >= 11 is 0. The molecule has 15 nitrogen and oxygen atoms in total. The molecule has 0 saturated carbocycles. The molecule has 0 aliphatic rings. The van der Waals surface area contributed by atoms with Gasteiger partial charge in [0, 0.05) is 6.42 Å². The van der Waals surface area contributed by atoms with E-state index < -0.39 is 72.2 Å². The summed E-state index contributed by atoms with van der Waals surface area (Å²) in [6, 6.07) is 13.4. The number of rotatable bonds is 24. The number of carbonyl (C=O) groups is 6. The number of hydrogen-bond donors (Lipinski definition) is 9. The van der Waals surface area contributed by atoms with Crippen LogP contribution in [0.15, 0.2) is 60.7 Å². The largest absolute Gasteiger partial charge is 0.368 e. The van der Waals surface area contributed by atoms with E-state index in [-0.39, 0.29) is 32.1 Å². The maximum absolute atomic E-state index is 13.3. The van der Waals surface area contributed by atoms with E-state index in [0.29, 0.717) is 38.8 Å². The third-order valence-corrected chi connectivity index (χ3v) is 8.22. The Balaban J connectivity index is 2.00. The van der Waals surface area contributed by atoms with Gasteiger partial charge in [-0.05, 0) is 75.6 Å². The second kappa shape index (κ2) is 23.5. The molecule has 0 aliphatic carbocycles. The molecular weight excluding hydrogens is 654 g/mol. The Morgan fingerprint density at radius 3 is 1.57 bits per heavy atom. The van der Waals surface area contributed by atoms with Crippen LogP contribution in [0.5, 0.6) is 0 Å². The van der Waals surface area contributed by atoms with Crippen LogP contribution >= 0.6 is 0 Å². The van der Waals surface area contributed by atoms with Crippen molar-refractivity contribution in [3.63, 3.8) is 0 Å². The van der Waals surface area contributed by atoms with Gasteiger partial charge in [-0.3, -0.25) is 28.8 Å². The first-order valence-corrected chi connectivity index (χ1v) is 17.5. The van der Waals surface area contributed by atoms with Crippen molar-refractivity contribution in [2.75, 3.05) is 19.6 Å². The Morgan fingerprint density at radius 1 is 0.588 bits per heavy atom. The van der Waals surface area contributed by atoms with Gasteiger partial charge in [-0.15, -0.1) is 0 Å². The van der Waals surface area contributed by atoms with E-state index in [9.17, 15) is 28.8 Å². The van der Waals surface area contributed by atoms with Gasteiger partial charge in [0.25, 0.3) is 0 Å². The van der Waals surface area contributed by atoms with Crippen molar-refractivity contribution in [3.05, 3.63) is 71.8 Å². The highest BCUT2D eigenvalue weighted by Crippen LogP contribution is 2.08. The predicted octanol–water partition coefficient (Wildman–Crippen LogP) is -0.992. The molecule has 2 rings (SSSR count). The van der Waals surface area contributed by atoms with Crippen molar-refractivity contribution >= 4 is 35.4 Å². The molecule has 0 aromatic heterocycles. The summed E-state index contributed by atoms with van der Waals surface area (Å²) < 4.78 is 0. The number of amides is 6. The zero-order valence-corrected chi connectivity index (χ0v) is 29.4. The first-order chi connectivity index (χ1) is 24.5. The summed E-state index contributed by atoms with van der Waals surface area (Å²) in [5.74, 6) is -3.69. The van der Waals surface area contributed by atoms with Crippen molar-refractivity contribution in [1.82, 2.24) is 26.6 Å². The van der Waals surface area contributed by atoms with E-state index in [0.717, 1.165) is 11.1 Å². The lowest BCUT2D eigenvalue weighted by atomic mass is 10.0. The second-order valence-corrected chi connectivity index (χ2v) is 12.4. The number of hydrogen-bond acceptors (Lipinski definition) is 9. The van der Waals surface area contributed by atoms with Crippen molar-refractivity contribution in [1.29, 1.82) is 0 Å². The Bertz CT molecular complexity index is 1400. The minimum Gasteiger partial charge on any atom is -0.368 e. The lowest BCUT2D eigenvalue weighted by molar-refractivity contribution is -0.134. The van der Waals surface area contributed by atoms with Crippen LogP contribution in [-0.2, 0) is 41.6 Å². The molecule has 2 aromatic rings. The highest BCUT2D eigenvalue weighted by atomic mass is 16.2.